The van der Waals surface area contributed by atoms with Crippen LogP contribution in [-0.4, -0.2) is 67.6 Å². The smallest absolute Gasteiger partial charge is 0.197 e. The Bertz CT molecular complexity index is 866. The van der Waals surface area contributed by atoms with Crippen molar-refractivity contribution in [2.24, 2.45) is 0 Å². The molecule has 1 aromatic heterocycles. The van der Waals surface area contributed by atoms with Gasteiger partial charge in [-0.05, 0) is 25.0 Å². The van der Waals surface area contributed by atoms with Crippen molar-refractivity contribution in [2.45, 2.75) is 49.4 Å². The maximum absolute atomic E-state index is 13.5. The highest BCUT2D eigenvalue weighted by molar-refractivity contribution is 5.57. The second-order valence-corrected chi connectivity index (χ2v) is 7.22. The fourth-order valence-electron chi connectivity index (χ4n) is 3.88. The van der Waals surface area contributed by atoms with Gasteiger partial charge in [0.15, 0.2) is 23.2 Å². The highest BCUT2D eigenvalue weighted by Gasteiger charge is 2.56. The van der Waals surface area contributed by atoms with Gasteiger partial charge in [-0.25, -0.2) is 17.9 Å². The van der Waals surface area contributed by atoms with E-state index in [1.54, 1.807) is 0 Å². The van der Waals surface area contributed by atoms with E-state index in [1.165, 1.54) is 6.20 Å². The van der Waals surface area contributed by atoms with E-state index >= 15 is 0 Å². The van der Waals surface area contributed by atoms with Crippen molar-refractivity contribution in [3.8, 4) is 11.3 Å². The van der Waals surface area contributed by atoms with Gasteiger partial charge in [0.1, 0.15) is 30.0 Å². The molecule has 29 heavy (non-hydrogen) atoms. The number of benzene rings is 1. The Morgan fingerprint density at radius 1 is 1.17 bits per heavy atom. The minimum absolute atomic E-state index is 0.00727. The summed E-state index contributed by atoms with van der Waals surface area (Å²) in [6, 6.07) is 0.438. The molecule has 0 unspecified atom stereocenters. The fraction of sp³-hybridized carbons (Fsp3) is 0.556. The second kappa shape index (κ2) is 7.65. The Morgan fingerprint density at radius 3 is 2.52 bits per heavy atom. The van der Waals surface area contributed by atoms with Crippen LogP contribution in [0.4, 0.5) is 13.2 Å². The average molecular weight is 415 g/mol. The van der Waals surface area contributed by atoms with Crippen molar-refractivity contribution in [1.29, 1.82) is 0 Å². The van der Waals surface area contributed by atoms with E-state index in [4.69, 9.17) is 9.47 Å². The van der Waals surface area contributed by atoms with Crippen LogP contribution in [0.3, 0.4) is 0 Å². The number of aromatic nitrogens is 3. The highest BCUT2D eigenvalue weighted by Crippen LogP contribution is 2.42. The van der Waals surface area contributed by atoms with Crippen LogP contribution < -0.4 is 0 Å². The Hall–Kier alpha value is -2.05. The third kappa shape index (κ3) is 3.42. The van der Waals surface area contributed by atoms with Crippen LogP contribution in [-0.2, 0) is 9.47 Å². The molecule has 2 aliphatic heterocycles. The molecule has 158 valence electrons. The van der Waals surface area contributed by atoms with Gasteiger partial charge in [0, 0.05) is 12.0 Å². The van der Waals surface area contributed by atoms with Crippen LogP contribution in [0.5, 0.6) is 0 Å². The molecule has 2 fully saturated rings. The van der Waals surface area contributed by atoms with Crippen molar-refractivity contribution in [3.63, 3.8) is 0 Å². The first-order chi connectivity index (χ1) is 13.9. The largest absolute Gasteiger partial charge is 0.394 e. The first-order valence-electron chi connectivity index (χ1n) is 9.22. The van der Waals surface area contributed by atoms with Crippen LogP contribution in [0.15, 0.2) is 18.3 Å². The molecule has 0 radical (unpaired) electrons. The molecule has 1 aromatic carbocycles. The summed E-state index contributed by atoms with van der Waals surface area (Å²) in [7, 11) is 0. The second-order valence-electron chi connectivity index (χ2n) is 7.22. The van der Waals surface area contributed by atoms with E-state index in [0.717, 1.165) is 29.7 Å². The molecule has 0 saturated carbocycles. The molecular formula is C18H20F3N3O5. The number of nitrogens with zero attached hydrogens (tertiary/aromatic N) is 3. The molecule has 3 heterocycles. The summed E-state index contributed by atoms with van der Waals surface area (Å²) in [5.74, 6) is -5.78. The summed E-state index contributed by atoms with van der Waals surface area (Å²) < 4.78 is 52.8. The van der Waals surface area contributed by atoms with E-state index in [1.807, 2.05) is 0 Å². The topological polar surface area (TPSA) is 110 Å². The number of aliphatic hydroxyl groups excluding tert-OH is 3. The average Bonchev–Trinajstić information content (AvgIpc) is 3.19. The molecular weight excluding hydrogens is 395 g/mol. The van der Waals surface area contributed by atoms with Crippen LogP contribution in [0.2, 0.25) is 0 Å². The molecule has 11 heteroatoms. The quantitative estimate of drug-likeness (QED) is 0.640. The minimum Gasteiger partial charge on any atom is -0.394 e. The SMILES string of the molecule is OC[C@H]1O[C@@]2(CCCCO2)[C@H](O)[C@@H](n2cc(-c3cc(F)c(F)c(F)c3)nn2)[C@H]1O. The van der Waals surface area contributed by atoms with E-state index < -0.39 is 54.2 Å². The minimum atomic E-state index is -1.60. The molecule has 2 aliphatic rings. The Balaban J connectivity index is 1.69. The van der Waals surface area contributed by atoms with E-state index in [9.17, 15) is 28.5 Å². The van der Waals surface area contributed by atoms with E-state index in [0.29, 0.717) is 13.0 Å². The van der Waals surface area contributed by atoms with Crippen molar-refractivity contribution < 1.29 is 38.0 Å². The van der Waals surface area contributed by atoms with Gasteiger partial charge in [0.25, 0.3) is 0 Å². The lowest BCUT2D eigenvalue weighted by Crippen LogP contribution is -2.64. The number of rotatable bonds is 3. The van der Waals surface area contributed by atoms with E-state index in [2.05, 4.69) is 10.3 Å². The molecule has 0 aliphatic carbocycles. The molecule has 3 N–H and O–H groups in total. The maximum Gasteiger partial charge on any atom is 0.197 e. The molecule has 0 amide bonds. The molecule has 4 rings (SSSR count). The number of ether oxygens (including phenoxy) is 2. The van der Waals surface area contributed by atoms with Crippen LogP contribution in [0, 0.1) is 17.5 Å². The number of aliphatic hydroxyl groups is 3. The third-order valence-electron chi connectivity index (χ3n) is 5.40. The lowest BCUT2D eigenvalue weighted by molar-refractivity contribution is -0.364. The summed E-state index contributed by atoms with van der Waals surface area (Å²) in [4.78, 5) is 0. The van der Waals surface area contributed by atoms with Gasteiger partial charge in [-0.15, -0.1) is 5.10 Å². The highest BCUT2D eigenvalue weighted by atomic mass is 19.2. The van der Waals surface area contributed by atoms with Crippen molar-refractivity contribution in [2.75, 3.05) is 13.2 Å². The van der Waals surface area contributed by atoms with Gasteiger partial charge in [0.05, 0.1) is 19.4 Å². The van der Waals surface area contributed by atoms with Crippen molar-refractivity contribution in [3.05, 3.63) is 35.8 Å². The molecule has 5 atom stereocenters. The zero-order valence-electron chi connectivity index (χ0n) is 15.2. The predicted octanol–water partition coefficient (Wildman–Crippen LogP) is 0.913. The zero-order valence-corrected chi connectivity index (χ0v) is 15.2. The van der Waals surface area contributed by atoms with Gasteiger partial charge in [-0.1, -0.05) is 5.21 Å². The molecule has 1 spiro atoms. The summed E-state index contributed by atoms with van der Waals surface area (Å²) in [6.07, 6.45) is -0.642. The van der Waals surface area contributed by atoms with Crippen molar-refractivity contribution in [1.82, 2.24) is 15.0 Å². The van der Waals surface area contributed by atoms with Gasteiger partial charge in [-0.3, -0.25) is 0 Å². The predicted molar refractivity (Wildman–Crippen MR) is 90.9 cm³/mol. The van der Waals surface area contributed by atoms with Gasteiger partial charge < -0.3 is 24.8 Å². The lowest BCUT2D eigenvalue weighted by atomic mass is 9.86. The van der Waals surface area contributed by atoms with Gasteiger partial charge >= 0.3 is 0 Å². The van der Waals surface area contributed by atoms with Gasteiger partial charge in [0.2, 0.25) is 0 Å². The van der Waals surface area contributed by atoms with Crippen LogP contribution in [0.25, 0.3) is 11.3 Å². The summed E-state index contributed by atoms with van der Waals surface area (Å²) >= 11 is 0. The lowest BCUT2D eigenvalue weighted by Gasteiger charge is -2.50. The number of hydrogen-bond donors (Lipinski definition) is 3. The zero-order chi connectivity index (χ0) is 20.8. The third-order valence-corrected chi connectivity index (χ3v) is 5.40. The first-order valence-corrected chi connectivity index (χ1v) is 9.22. The Labute approximate surface area is 163 Å². The summed E-state index contributed by atoms with van der Waals surface area (Å²) in [5, 5.41) is 38.8. The first kappa shape index (κ1) is 20.2. The number of hydrogen-bond acceptors (Lipinski definition) is 7. The standard InChI is InChI=1S/C18H20F3N3O5/c19-10-5-9(6-11(20)14(10)21)12-7-24(23-22-12)15-16(26)13(8-25)29-18(17(15)27)3-1-2-4-28-18/h5-7,13,15-17,25-27H,1-4,8H2/t13-,15+,16+,17-,18+/m1/s1. The summed E-state index contributed by atoms with van der Waals surface area (Å²) in [6.45, 7) is -0.180. The van der Waals surface area contributed by atoms with E-state index in [-0.39, 0.29) is 11.3 Å². The molecule has 0 bridgehead atoms. The molecule has 2 aromatic rings. The van der Waals surface area contributed by atoms with Crippen LogP contribution >= 0.6 is 0 Å². The van der Waals surface area contributed by atoms with Gasteiger partial charge in [-0.2, -0.15) is 0 Å². The van der Waals surface area contributed by atoms with Crippen LogP contribution in [0.1, 0.15) is 25.3 Å². The number of halogens is 3. The monoisotopic (exact) mass is 415 g/mol. The Morgan fingerprint density at radius 2 is 1.90 bits per heavy atom. The normalized spacial score (nSPS) is 32.6. The molecule has 8 nitrogen and oxygen atoms in total. The summed E-state index contributed by atoms with van der Waals surface area (Å²) in [5.41, 5.74) is -0.0566. The maximum atomic E-state index is 13.5. The fourth-order valence-corrected chi connectivity index (χ4v) is 3.88. The van der Waals surface area contributed by atoms with Crippen molar-refractivity contribution >= 4 is 0 Å². The molecule has 2 saturated heterocycles. The Kier molecular flexibility index (Phi) is 5.34.